The first-order valence-corrected chi connectivity index (χ1v) is 9.98. The summed E-state index contributed by atoms with van der Waals surface area (Å²) < 4.78 is 4.82. The first-order chi connectivity index (χ1) is 13.2. The topological polar surface area (TPSA) is 71.1 Å². The minimum atomic E-state index is -1.03. The molecule has 6 heteroatoms. The predicted molar refractivity (Wildman–Crippen MR) is 102 cm³/mol. The van der Waals surface area contributed by atoms with Crippen molar-refractivity contribution < 1.29 is 29.1 Å². The highest BCUT2D eigenvalue weighted by Crippen LogP contribution is 2.10. The second-order valence-electron chi connectivity index (χ2n) is 6.54. The molecule has 0 fully saturated rings. The molecule has 0 atom stereocenters. The number of benzene rings is 1. The lowest BCUT2D eigenvalue weighted by Crippen LogP contribution is -2.12. The Kier molecular flexibility index (Phi) is 12.8. The monoisotopic (exact) mass is 380 g/mol. The van der Waals surface area contributed by atoms with Crippen molar-refractivity contribution in [2.24, 2.45) is 0 Å². The highest BCUT2D eigenvalue weighted by atomic mass is 17.5. The molecule has 0 aromatic heterocycles. The van der Waals surface area contributed by atoms with Gasteiger partial charge in [0.15, 0.2) is 0 Å². The average Bonchev–Trinajstić information content (AvgIpc) is 2.68. The lowest BCUT2D eigenvalue weighted by molar-refractivity contribution is -0.452. The summed E-state index contributed by atoms with van der Waals surface area (Å²) in [6.45, 7) is 4.57. The molecule has 1 aromatic rings. The van der Waals surface area contributed by atoms with Crippen LogP contribution in [-0.4, -0.2) is 18.7 Å². The molecule has 0 aliphatic carbocycles. The van der Waals surface area contributed by atoms with Gasteiger partial charge >= 0.3 is 12.1 Å². The quantitative estimate of drug-likeness (QED) is 0.172. The molecule has 0 saturated heterocycles. The Morgan fingerprint density at radius 2 is 1.41 bits per heavy atom. The van der Waals surface area contributed by atoms with Crippen molar-refractivity contribution >= 4 is 12.1 Å². The summed E-state index contributed by atoms with van der Waals surface area (Å²) >= 11 is 0. The van der Waals surface area contributed by atoms with Crippen LogP contribution in [0.3, 0.4) is 0 Å². The van der Waals surface area contributed by atoms with Gasteiger partial charge < -0.3 is 4.74 Å². The maximum Gasteiger partial charge on any atom is 0.543 e. The maximum atomic E-state index is 11.8. The van der Waals surface area contributed by atoms with Crippen LogP contribution in [0.4, 0.5) is 4.79 Å². The number of carbonyl (C=O) groups excluding carboxylic acids is 2. The molecule has 0 radical (unpaired) electrons. The Bertz CT molecular complexity index is 526. The van der Waals surface area contributed by atoms with Gasteiger partial charge in [-0.1, -0.05) is 70.9 Å². The van der Waals surface area contributed by atoms with Crippen molar-refractivity contribution in [1.29, 1.82) is 0 Å². The fourth-order valence-electron chi connectivity index (χ4n) is 2.57. The fraction of sp³-hybridized carbons (Fsp3) is 0.619. The zero-order chi connectivity index (χ0) is 19.7. The standard InChI is InChI=1S/C21H32O6/c1-3-5-7-8-9-11-17-24-21(23)26-27-25-20(22)19-15-13-18(14-16-19)12-10-6-4-2/h13-16H,3-12,17H2,1-2H3. The summed E-state index contributed by atoms with van der Waals surface area (Å²) in [6.07, 6.45) is 9.94. The van der Waals surface area contributed by atoms with E-state index in [4.69, 9.17) is 4.74 Å². The first kappa shape index (κ1) is 23.0. The zero-order valence-electron chi connectivity index (χ0n) is 16.5. The molecule has 0 saturated carbocycles. The van der Waals surface area contributed by atoms with Gasteiger partial charge in [0.2, 0.25) is 0 Å². The number of hydrogen-bond acceptors (Lipinski definition) is 6. The Hall–Kier alpha value is -2.08. The molecular formula is C21H32O6. The van der Waals surface area contributed by atoms with E-state index >= 15 is 0 Å². The average molecular weight is 380 g/mol. The molecule has 1 aromatic carbocycles. The molecule has 0 aliphatic rings. The predicted octanol–water partition coefficient (Wildman–Crippen LogP) is 5.94. The molecule has 1 rings (SSSR count). The van der Waals surface area contributed by atoms with Crippen LogP contribution in [0.5, 0.6) is 0 Å². The molecule has 0 amide bonds. The van der Waals surface area contributed by atoms with E-state index in [0.717, 1.165) is 37.7 Å². The highest BCUT2D eigenvalue weighted by molar-refractivity contribution is 5.88. The normalized spacial score (nSPS) is 10.4. The lowest BCUT2D eigenvalue weighted by Gasteiger charge is -2.05. The first-order valence-electron chi connectivity index (χ1n) is 9.98. The number of aryl methyl sites for hydroxylation is 1. The van der Waals surface area contributed by atoms with E-state index in [1.54, 1.807) is 12.1 Å². The Labute approximate surface area is 162 Å². The van der Waals surface area contributed by atoms with Crippen LogP contribution in [0.1, 0.15) is 87.6 Å². The van der Waals surface area contributed by atoms with Crippen LogP contribution in [0.15, 0.2) is 24.3 Å². The second-order valence-corrected chi connectivity index (χ2v) is 6.54. The van der Waals surface area contributed by atoms with E-state index < -0.39 is 12.1 Å². The third kappa shape index (κ3) is 11.3. The van der Waals surface area contributed by atoms with Crippen molar-refractivity contribution in [1.82, 2.24) is 0 Å². The number of carbonyl (C=O) groups is 2. The lowest BCUT2D eigenvalue weighted by atomic mass is 10.1. The minimum Gasteiger partial charge on any atom is -0.432 e. The molecule has 0 bridgehead atoms. The van der Waals surface area contributed by atoms with Gasteiger partial charge in [-0.25, -0.2) is 14.5 Å². The third-order valence-corrected chi connectivity index (χ3v) is 4.19. The summed E-state index contributed by atoms with van der Waals surface area (Å²) in [5.74, 6) is -0.737. The Morgan fingerprint density at radius 1 is 0.778 bits per heavy atom. The van der Waals surface area contributed by atoms with E-state index in [-0.39, 0.29) is 6.61 Å². The molecule has 152 valence electrons. The van der Waals surface area contributed by atoms with Crippen molar-refractivity contribution in [2.45, 2.75) is 78.1 Å². The number of unbranched alkanes of at least 4 members (excludes halogenated alkanes) is 7. The van der Waals surface area contributed by atoms with Crippen molar-refractivity contribution in [3.63, 3.8) is 0 Å². The van der Waals surface area contributed by atoms with Gasteiger partial charge in [0, 0.05) is 0 Å². The van der Waals surface area contributed by atoms with E-state index in [0.29, 0.717) is 5.56 Å². The maximum absolute atomic E-state index is 11.8. The van der Waals surface area contributed by atoms with E-state index in [2.05, 4.69) is 28.7 Å². The Balaban J connectivity index is 2.12. The van der Waals surface area contributed by atoms with Gasteiger partial charge in [0.25, 0.3) is 0 Å². The fourth-order valence-corrected chi connectivity index (χ4v) is 2.57. The summed E-state index contributed by atoms with van der Waals surface area (Å²) in [6, 6.07) is 7.07. The SMILES string of the molecule is CCCCCCCCOC(=O)OOOC(=O)c1ccc(CCCCC)cc1. The molecule has 0 heterocycles. The summed E-state index contributed by atoms with van der Waals surface area (Å²) in [7, 11) is 0. The molecule has 0 N–H and O–H groups in total. The molecule has 27 heavy (non-hydrogen) atoms. The molecule has 0 spiro atoms. The van der Waals surface area contributed by atoms with Gasteiger partial charge in [0.1, 0.15) is 0 Å². The second kappa shape index (κ2) is 15.0. The van der Waals surface area contributed by atoms with Crippen LogP contribution in [-0.2, 0) is 26.0 Å². The van der Waals surface area contributed by atoms with Crippen molar-refractivity contribution in [2.75, 3.05) is 6.61 Å². The number of hydrogen-bond donors (Lipinski definition) is 0. The van der Waals surface area contributed by atoms with Gasteiger partial charge in [-0.05, 0) is 37.0 Å². The van der Waals surface area contributed by atoms with Gasteiger partial charge in [-0.2, -0.15) is 0 Å². The van der Waals surface area contributed by atoms with Crippen molar-refractivity contribution in [3.8, 4) is 0 Å². The van der Waals surface area contributed by atoms with Gasteiger partial charge in [-0.15, -0.1) is 0 Å². The van der Waals surface area contributed by atoms with E-state index in [1.165, 1.54) is 32.1 Å². The molecule has 0 unspecified atom stereocenters. The minimum absolute atomic E-state index is 0.252. The number of ether oxygens (including phenoxy) is 1. The van der Waals surface area contributed by atoms with Gasteiger partial charge in [0.05, 0.1) is 17.2 Å². The molecular weight excluding hydrogens is 348 g/mol. The van der Waals surface area contributed by atoms with Crippen LogP contribution in [0.25, 0.3) is 0 Å². The third-order valence-electron chi connectivity index (χ3n) is 4.19. The summed E-state index contributed by atoms with van der Waals surface area (Å²) in [5.41, 5.74) is 1.48. The van der Waals surface area contributed by atoms with Gasteiger partial charge in [-0.3, -0.25) is 4.89 Å². The number of rotatable bonds is 14. The van der Waals surface area contributed by atoms with Crippen LogP contribution >= 0.6 is 0 Å². The van der Waals surface area contributed by atoms with Crippen LogP contribution < -0.4 is 0 Å². The van der Waals surface area contributed by atoms with Crippen LogP contribution in [0, 0.1) is 0 Å². The zero-order valence-corrected chi connectivity index (χ0v) is 16.5. The van der Waals surface area contributed by atoms with Crippen molar-refractivity contribution in [3.05, 3.63) is 35.4 Å². The van der Waals surface area contributed by atoms with E-state index in [9.17, 15) is 9.59 Å². The largest absolute Gasteiger partial charge is 0.543 e. The Morgan fingerprint density at radius 3 is 2.11 bits per heavy atom. The summed E-state index contributed by atoms with van der Waals surface area (Å²) in [4.78, 5) is 31.8. The highest BCUT2D eigenvalue weighted by Gasteiger charge is 2.12. The van der Waals surface area contributed by atoms with E-state index in [1.807, 2.05) is 12.1 Å². The smallest absolute Gasteiger partial charge is 0.432 e. The molecule has 6 nitrogen and oxygen atoms in total. The van der Waals surface area contributed by atoms with Crippen LogP contribution in [0.2, 0.25) is 0 Å². The summed E-state index contributed by atoms with van der Waals surface area (Å²) in [5, 5.41) is 4.21. The molecule has 0 aliphatic heterocycles.